The fraction of sp³-hybridized carbons (Fsp3) is 0.722. The minimum atomic E-state index is -0.316. The van der Waals surface area contributed by atoms with Crippen molar-refractivity contribution in [3.8, 4) is 0 Å². The normalized spacial score (nSPS) is 21.9. The largest absolute Gasteiger partial charge is 0.345 e. The van der Waals surface area contributed by atoms with E-state index in [0.29, 0.717) is 13.0 Å². The zero-order valence-electron chi connectivity index (χ0n) is 14.6. The fourth-order valence-corrected chi connectivity index (χ4v) is 4.79. The highest BCUT2D eigenvalue weighted by Crippen LogP contribution is 2.30. The molecule has 0 unspecified atom stereocenters. The summed E-state index contributed by atoms with van der Waals surface area (Å²) >= 11 is 1.74. The van der Waals surface area contributed by atoms with Crippen molar-refractivity contribution >= 4 is 23.2 Å². The van der Waals surface area contributed by atoms with Crippen LogP contribution in [0.5, 0.6) is 0 Å². The lowest BCUT2D eigenvalue weighted by atomic mass is 10.0. The second kappa shape index (κ2) is 7.64. The molecule has 1 aromatic heterocycles. The number of likely N-dealkylation sites (tertiary alicyclic amines) is 1. The molecule has 5 nitrogen and oxygen atoms in total. The minimum absolute atomic E-state index is 0.0304. The van der Waals surface area contributed by atoms with Gasteiger partial charge in [-0.1, -0.05) is 6.92 Å². The van der Waals surface area contributed by atoms with Gasteiger partial charge in [-0.25, -0.2) is 4.98 Å². The molecular weight excluding hydrogens is 322 g/mol. The Morgan fingerprint density at radius 1 is 1.29 bits per heavy atom. The van der Waals surface area contributed by atoms with Gasteiger partial charge in [-0.15, -0.1) is 11.3 Å². The molecule has 1 saturated heterocycles. The lowest BCUT2D eigenvalue weighted by molar-refractivity contribution is -0.142. The molecule has 24 heavy (non-hydrogen) atoms. The Morgan fingerprint density at radius 3 is 2.83 bits per heavy atom. The number of carbonyl (C=O) groups is 2. The molecular formula is C18H27N3O2S. The zero-order chi connectivity index (χ0) is 17.1. The molecule has 1 fully saturated rings. The molecule has 2 amide bonds. The van der Waals surface area contributed by atoms with E-state index in [2.05, 4.69) is 5.32 Å². The number of carbonyl (C=O) groups excluding carboxylic acids is 2. The molecule has 0 spiro atoms. The van der Waals surface area contributed by atoms with Gasteiger partial charge >= 0.3 is 0 Å². The van der Waals surface area contributed by atoms with Crippen molar-refractivity contribution in [2.45, 2.75) is 77.3 Å². The lowest BCUT2D eigenvalue weighted by Gasteiger charge is -2.35. The van der Waals surface area contributed by atoms with E-state index in [1.54, 1.807) is 16.2 Å². The van der Waals surface area contributed by atoms with Crippen molar-refractivity contribution in [2.75, 3.05) is 6.54 Å². The van der Waals surface area contributed by atoms with E-state index < -0.39 is 0 Å². The van der Waals surface area contributed by atoms with Crippen molar-refractivity contribution in [1.29, 1.82) is 0 Å². The van der Waals surface area contributed by atoms with Crippen LogP contribution in [-0.4, -0.2) is 34.3 Å². The Hall–Kier alpha value is -1.43. The van der Waals surface area contributed by atoms with Gasteiger partial charge in [-0.3, -0.25) is 9.59 Å². The van der Waals surface area contributed by atoms with E-state index in [9.17, 15) is 9.59 Å². The number of rotatable bonds is 4. The van der Waals surface area contributed by atoms with Crippen LogP contribution < -0.4 is 5.32 Å². The Labute approximate surface area is 147 Å². The molecule has 1 aromatic rings. The second-order valence-corrected chi connectivity index (χ2v) is 7.93. The predicted molar refractivity (Wildman–Crippen MR) is 95.0 cm³/mol. The van der Waals surface area contributed by atoms with Gasteiger partial charge in [-0.05, 0) is 51.9 Å². The maximum Gasteiger partial charge on any atom is 0.243 e. The van der Waals surface area contributed by atoms with Crippen molar-refractivity contribution < 1.29 is 9.59 Å². The third-order valence-corrected chi connectivity index (χ3v) is 6.36. The van der Waals surface area contributed by atoms with Gasteiger partial charge in [0.25, 0.3) is 0 Å². The summed E-state index contributed by atoms with van der Waals surface area (Å²) in [5.41, 5.74) is 1.22. The van der Waals surface area contributed by atoms with Gasteiger partial charge in [0.2, 0.25) is 11.8 Å². The van der Waals surface area contributed by atoms with Crippen LogP contribution in [0.4, 0.5) is 0 Å². The van der Waals surface area contributed by atoms with Gasteiger partial charge in [0.1, 0.15) is 11.0 Å². The molecule has 0 bridgehead atoms. The molecule has 1 N–H and O–H groups in total. The van der Waals surface area contributed by atoms with Crippen LogP contribution >= 0.6 is 11.3 Å². The molecule has 6 heteroatoms. The highest BCUT2D eigenvalue weighted by molar-refractivity contribution is 7.11. The van der Waals surface area contributed by atoms with E-state index in [4.69, 9.17) is 4.98 Å². The SMILES string of the molecule is CCC(=O)N1CCCC[C@H]1C(=O)N[C@H](C)c1nc2c(s1)CCCC2. The number of aromatic nitrogens is 1. The minimum Gasteiger partial charge on any atom is -0.345 e. The molecule has 0 saturated carbocycles. The van der Waals surface area contributed by atoms with Crippen molar-refractivity contribution in [1.82, 2.24) is 15.2 Å². The first kappa shape index (κ1) is 17.4. The first-order valence-corrected chi connectivity index (χ1v) is 10.00. The summed E-state index contributed by atoms with van der Waals surface area (Å²) in [5, 5.41) is 4.10. The first-order chi connectivity index (χ1) is 11.6. The Bertz CT molecular complexity index is 590. The van der Waals surface area contributed by atoms with E-state index in [0.717, 1.165) is 37.1 Å². The number of thiazole rings is 1. The standard InChI is InChI=1S/C18H27N3O2S/c1-3-16(22)21-11-7-6-9-14(21)17(23)19-12(2)18-20-13-8-4-5-10-15(13)24-18/h12,14H,3-11H2,1-2H3,(H,19,23)/t12-,14+/m1/s1. The maximum atomic E-state index is 12.7. The van der Waals surface area contributed by atoms with E-state index in [-0.39, 0.29) is 23.9 Å². The monoisotopic (exact) mass is 349 g/mol. The molecule has 2 heterocycles. The summed E-state index contributed by atoms with van der Waals surface area (Å²) < 4.78 is 0. The summed E-state index contributed by atoms with van der Waals surface area (Å²) in [5.74, 6) is 0.0457. The van der Waals surface area contributed by atoms with Gasteiger partial charge in [0.05, 0.1) is 11.7 Å². The summed E-state index contributed by atoms with van der Waals surface area (Å²) in [4.78, 5) is 32.7. The Balaban J connectivity index is 1.66. The van der Waals surface area contributed by atoms with Gasteiger partial charge in [-0.2, -0.15) is 0 Å². The molecule has 0 aromatic carbocycles. The number of nitrogens with one attached hydrogen (secondary N) is 1. The predicted octanol–water partition coefficient (Wildman–Crippen LogP) is 2.99. The van der Waals surface area contributed by atoms with Crippen molar-refractivity contribution in [3.05, 3.63) is 15.6 Å². The van der Waals surface area contributed by atoms with Crippen LogP contribution in [0, 0.1) is 0 Å². The van der Waals surface area contributed by atoms with Gasteiger partial charge in [0.15, 0.2) is 0 Å². The van der Waals surface area contributed by atoms with Crippen LogP contribution in [-0.2, 0) is 22.4 Å². The molecule has 0 radical (unpaired) electrons. The Kier molecular flexibility index (Phi) is 5.54. The average molecular weight is 350 g/mol. The first-order valence-electron chi connectivity index (χ1n) is 9.18. The second-order valence-electron chi connectivity index (χ2n) is 6.81. The summed E-state index contributed by atoms with van der Waals surface area (Å²) in [6.07, 6.45) is 7.86. The average Bonchev–Trinajstić information content (AvgIpc) is 3.05. The van der Waals surface area contributed by atoms with Gasteiger partial charge < -0.3 is 10.2 Å². The van der Waals surface area contributed by atoms with Crippen LogP contribution in [0.2, 0.25) is 0 Å². The molecule has 2 atom stereocenters. The number of fused-ring (bicyclic) bond motifs is 1. The molecule has 1 aliphatic heterocycles. The van der Waals surface area contributed by atoms with E-state index >= 15 is 0 Å². The zero-order valence-corrected chi connectivity index (χ0v) is 15.5. The van der Waals surface area contributed by atoms with Crippen molar-refractivity contribution in [2.24, 2.45) is 0 Å². The van der Waals surface area contributed by atoms with Crippen LogP contribution in [0.25, 0.3) is 0 Å². The highest BCUT2D eigenvalue weighted by Gasteiger charge is 2.32. The maximum absolute atomic E-state index is 12.7. The summed E-state index contributed by atoms with van der Waals surface area (Å²) in [6.45, 7) is 4.55. The Morgan fingerprint density at radius 2 is 2.08 bits per heavy atom. The molecule has 3 rings (SSSR count). The van der Waals surface area contributed by atoms with Gasteiger partial charge in [0, 0.05) is 17.8 Å². The van der Waals surface area contributed by atoms with Crippen LogP contribution in [0.3, 0.4) is 0 Å². The smallest absolute Gasteiger partial charge is 0.243 e. The molecule has 132 valence electrons. The van der Waals surface area contributed by atoms with Crippen LogP contribution in [0.15, 0.2) is 0 Å². The third-order valence-electron chi connectivity index (χ3n) is 5.02. The number of nitrogens with zero attached hydrogens (tertiary/aromatic N) is 2. The van der Waals surface area contributed by atoms with E-state index in [1.807, 2.05) is 13.8 Å². The fourth-order valence-electron chi connectivity index (χ4n) is 3.63. The molecule has 2 aliphatic rings. The van der Waals surface area contributed by atoms with Crippen molar-refractivity contribution in [3.63, 3.8) is 0 Å². The quantitative estimate of drug-likeness (QED) is 0.909. The number of piperidine rings is 1. The van der Waals surface area contributed by atoms with E-state index in [1.165, 1.54) is 23.4 Å². The topological polar surface area (TPSA) is 62.3 Å². The number of hydrogen-bond acceptors (Lipinski definition) is 4. The lowest BCUT2D eigenvalue weighted by Crippen LogP contribution is -2.52. The molecule has 1 aliphatic carbocycles. The summed E-state index contributed by atoms with van der Waals surface area (Å²) in [7, 11) is 0. The number of hydrogen-bond donors (Lipinski definition) is 1. The number of amides is 2. The summed E-state index contributed by atoms with van der Waals surface area (Å²) in [6, 6.07) is -0.406. The number of aryl methyl sites for hydroxylation is 2. The highest BCUT2D eigenvalue weighted by atomic mass is 32.1. The van der Waals surface area contributed by atoms with Crippen LogP contribution in [0.1, 0.15) is 74.0 Å². The third kappa shape index (κ3) is 3.63.